The number of nitrogens with zero attached hydrogens (tertiary/aromatic N) is 1. The van der Waals surface area contributed by atoms with E-state index in [1.165, 1.54) is 0 Å². The van der Waals surface area contributed by atoms with Crippen LogP contribution in [0, 0.1) is 0 Å². The lowest BCUT2D eigenvalue weighted by atomic mass is 10.2. The van der Waals surface area contributed by atoms with Crippen molar-refractivity contribution in [3.8, 4) is 0 Å². The molecule has 0 spiro atoms. The van der Waals surface area contributed by atoms with Crippen LogP contribution in [0.25, 0.3) is 0 Å². The highest BCUT2D eigenvalue weighted by atomic mass is 35.5. The van der Waals surface area contributed by atoms with Gasteiger partial charge in [-0.1, -0.05) is 11.6 Å². The molecule has 0 radical (unpaired) electrons. The maximum Gasteiger partial charge on any atom is 0.253 e. The molecule has 2 N–H and O–H groups in total. The van der Waals surface area contributed by atoms with Crippen LogP contribution in [-0.2, 0) is 4.74 Å². The Bertz CT molecular complexity index is 376. The monoisotopic (exact) mass is 256 g/mol. The molecule has 1 aromatic rings. The molecule has 0 fully saturated rings. The second kappa shape index (κ2) is 6.47. The van der Waals surface area contributed by atoms with Crippen molar-refractivity contribution in [2.75, 3.05) is 32.5 Å². The van der Waals surface area contributed by atoms with Gasteiger partial charge < -0.3 is 15.4 Å². The maximum absolute atomic E-state index is 12.0. The zero-order chi connectivity index (χ0) is 12.8. The Labute approximate surface area is 106 Å². The molecule has 0 aromatic heterocycles. The number of benzene rings is 1. The van der Waals surface area contributed by atoms with Gasteiger partial charge in [0.2, 0.25) is 0 Å². The Morgan fingerprint density at radius 2 is 2.18 bits per heavy atom. The second-order valence-corrected chi connectivity index (χ2v) is 4.13. The summed E-state index contributed by atoms with van der Waals surface area (Å²) >= 11 is 5.85. The largest absolute Gasteiger partial charge is 0.399 e. The van der Waals surface area contributed by atoms with E-state index in [1.54, 1.807) is 30.1 Å². The normalized spacial score (nSPS) is 10.3. The van der Waals surface area contributed by atoms with Crippen molar-refractivity contribution in [3.63, 3.8) is 0 Å². The predicted molar refractivity (Wildman–Crippen MR) is 69.3 cm³/mol. The molecule has 4 nitrogen and oxygen atoms in total. The number of hydrogen-bond donors (Lipinski definition) is 1. The number of amides is 1. The number of halogens is 1. The summed E-state index contributed by atoms with van der Waals surface area (Å²) in [6.07, 6.45) is 0. The van der Waals surface area contributed by atoms with Gasteiger partial charge in [-0.3, -0.25) is 4.79 Å². The van der Waals surface area contributed by atoms with Crippen LogP contribution in [0.5, 0.6) is 0 Å². The molecule has 1 rings (SSSR count). The molecule has 0 saturated heterocycles. The number of carbonyl (C=O) groups is 1. The average Bonchev–Trinajstić information content (AvgIpc) is 2.27. The standard InChI is InChI=1S/C12H17ClN2O2/c1-3-17-5-4-15(2)12(16)9-6-10(13)8-11(14)7-9/h6-8H,3-5,14H2,1-2H3. The molecule has 5 heteroatoms. The van der Waals surface area contributed by atoms with Crippen LogP contribution in [-0.4, -0.2) is 37.6 Å². The number of nitrogens with two attached hydrogens (primary N) is 1. The first-order chi connectivity index (χ1) is 8.04. The molecule has 0 unspecified atom stereocenters. The Balaban J connectivity index is 2.68. The molecule has 0 saturated carbocycles. The number of ether oxygens (including phenoxy) is 1. The summed E-state index contributed by atoms with van der Waals surface area (Å²) in [4.78, 5) is 13.6. The summed E-state index contributed by atoms with van der Waals surface area (Å²) in [7, 11) is 1.72. The van der Waals surface area contributed by atoms with E-state index in [0.717, 1.165) is 0 Å². The lowest BCUT2D eigenvalue weighted by Gasteiger charge is -2.17. The van der Waals surface area contributed by atoms with E-state index in [1.807, 2.05) is 6.92 Å². The van der Waals surface area contributed by atoms with Gasteiger partial charge in [-0.15, -0.1) is 0 Å². The molecule has 1 amide bonds. The minimum absolute atomic E-state index is 0.112. The SMILES string of the molecule is CCOCCN(C)C(=O)c1cc(N)cc(Cl)c1. The summed E-state index contributed by atoms with van der Waals surface area (Å²) in [5.74, 6) is -0.112. The highest BCUT2D eigenvalue weighted by Gasteiger charge is 2.12. The van der Waals surface area contributed by atoms with Gasteiger partial charge in [-0.05, 0) is 25.1 Å². The fourth-order valence-electron chi connectivity index (χ4n) is 1.40. The zero-order valence-corrected chi connectivity index (χ0v) is 10.8. The van der Waals surface area contributed by atoms with E-state index in [2.05, 4.69) is 0 Å². The molecule has 0 heterocycles. The quantitative estimate of drug-likeness (QED) is 0.648. The van der Waals surface area contributed by atoms with E-state index in [9.17, 15) is 4.79 Å². The van der Waals surface area contributed by atoms with Gasteiger partial charge in [-0.25, -0.2) is 0 Å². The summed E-state index contributed by atoms with van der Waals surface area (Å²) in [5, 5.41) is 0.464. The lowest BCUT2D eigenvalue weighted by molar-refractivity contribution is 0.0710. The van der Waals surface area contributed by atoms with Crippen molar-refractivity contribution < 1.29 is 9.53 Å². The maximum atomic E-state index is 12.0. The van der Waals surface area contributed by atoms with Crippen molar-refractivity contribution >= 4 is 23.2 Å². The van der Waals surface area contributed by atoms with Crippen LogP contribution < -0.4 is 5.73 Å². The fraction of sp³-hybridized carbons (Fsp3) is 0.417. The van der Waals surface area contributed by atoms with Gasteiger partial charge in [0.25, 0.3) is 5.91 Å². The van der Waals surface area contributed by atoms with Crippen molar-refractivity contribution in [1.29, 1.82) is 0 Å². The topological polar surface area (TPSA) is 55.6 Å². The number of hydrogen-bond acceptors (Lipinski definition) is 3. The van der Waals surface area contributed by atoms with E-state index in [4.69, 9.17) is 22.1 Å². The Morgan fingerprint density at radius 1 is 1.47 bits per heavy atom. The molecule has 0 atom stereocenters. The Kier molecular flexibility index (Phi) is 5.25. The number of nitrogen functional groups attached to an aromatic ring is 1. The minimum atomic E-state index is -0.112. The first-order valence-electron chi connectivity index (χ1n) is 5.44. The Morgan fingerprint density at radius 3 is 2.76 bits per heavy atom. The highest BCUT2D eigenvalue weighted by Crippen LogP contribution is 2.17. The second-order valence-electron chi connectivity index (χ2n) is 3.70. The van der Waals surface area contributed by atoms with Gasteiger partial charge in [0.05, 0.1) is 6.61 Å². The summed E-state index contributed by atoms with van der Waals surface area (Å²) in [6, 6.07) is 4.83. The van der Waals surface area contributed by atoms with Crippen LogP contribution in [0.1, 0.15) is 17.3 Å². The third-order valence-electron chi connectivity index (χ3n) is 2.29. The minimum Gasteiger partial charge on any atom is -0.399 e. The van der Waals surface area contributed by atoms with E-state index in [0.29, 0.717) is 36.0 Å². The number of carbonyl (C=O) groups excluding carboxylic acids is 1. The first kappa shape index (κ1) is 13.8. The number of anilines is 1. The molecule has 17 heavy (non-hydrogen) atoms. The molecule has 0 aliphatic rings. The fourth-order valence-corrected chi connectivity index (χ4v) is 1.65. The van der Waals surface area contributed by atoms with Crippen molar-refractivity contribution in [2.45, 2.75) is 6.92 Å². The third-order valence-corrected chi connectivity index (χ3v) is 2.51. The van der Waals surface area contributed by atoms with Crippen molar-refractivity contribution in [1.82, 2.24) is 4.90 Å². The summed E-state index contributed by atoms with van der Waals surface area (Å²) in [5.41, 5.74) is 6.62. The van der Waals surface area contributed by atoms with E-state index < -0.39 is 0 Å². The van der Waals surface area contributed by atoms with Crippen LogP contribution >= 0.6 is 11.6 Å². The smallest absolute Gasteiger partial charge is 0.253 e. The van der Waals surface area contributed by atoms with Crippen LogP contribution in [0.3, 0.4) is 0 Å². The highest BCUT2D eigenvalue weighted by molar-refractivity contribution is 6.31. The third kappa shape index (κ3) is 4.24. The molecule has 0 bridgehead atoms. The van der Waals surface area contributed by atoms with Crippen molar-refractivity contribution in [3.05, 3.63) is 28.8 Å². The average molecular weight is 257 g/mol. The first-order valence-corrected chi connectivity index (χ1v) is 5.81. The molecular weight excluding hydrogens is 240 g/mol. The van der Waals surface area contributed by atoms with Crippen molar-refractivity contribution in [2.24, 2.45) is 0 Å². The molecule has 94 valence electrons. The van der Waals surface area contributed by atoms with Gasteiger partial charge >= 0.3 is 0 Å². The summed E-state index contributed by atoms with van der Waals surface area (Å²) in [6.45, 7) is 3.62. The zero-order valence-electron chi connectivity index (χ0n) is 10.1. The number of likely N-dealkylation sites (N-methyl/N-ethyl adjacent to an activating group) is 1. The lowest BCUT2D eigenvalue weighted by Crippen LogP contribution is -2.30. The van der Waals surface area contributed by atoms with Gasteiger partial charge in [0, 0.05) is 36.5 Å². The summed E-state index contributed by atoms with van der Waals surface area (Å²) < 4.78 is 5.19. The molecular formula is C12H17ClN2O2. The van der Waals surface area contributed by atoms with Gasteiger partial charge in [0.1, 0.15) is 0 Å². The molecule has 0 aliphatic carbocycles. The number of rotatable bonds is 5. The van der Waals surface area contributed by atoms with E-state index in [-0.39, 0.29) is 5.91 Å². The van der Waals surface area contributed by atoms with E-state index >= 15 is 0 Å². The molecule has 1 aromatic carbocycles. The van der Waals surface area contributed by atoms with Gasteiger partial charge in [0.15, 0.2) is 0 Å². The van der Waals surface area contributed by atoms with Gasteiger partial charge in [-0.2, -0.15) is 0 Å². The van der Waals surface area contributed by atoms with Crippen LogP contribution in [0.15, 0.2) is 18.2 Å². The van der Waals surface area contributed by atoms with Crippen LogP contribution in [0.4, 0.5) is 5.69 Å². The Hall–Kier alpha value is -1.26. The molecule has 0 aliphatic heterocycles. The predicted octanol–water partition coefficient (Wildman–Crippen LogP) is 2.03. The van der Waals surface area contributed by atoms with Crippen LogP contribution in [0.2, 0.25) is 5.02 Å².